The van der Waals surface area contributed by atoms with Crippen LogP contribution in [0.15, 0.2) is 55.3 Å². The van der Waals surface area contributed by atoms with Gasteiger partial charge in [-0.1, -0.05) is 6.07 Å². The molecule has 3 rings (SSSR count). The van der Waals surface area contributed by atoms with Gasteiger partial charge in [-0.15, -0.1) is 0 Å². The van der Waals surface area contributed by atoms with Gasteiger partial charge in [0.25, 0.3) is 0 Å². The van der Waals surface area contributed by atoms with E-state index < -0.39 is 0 Å². The SMILES string of the molecule is COc1ccc(/C=C/C(=O)NCc2cccnc2-n2cncn2)c(OC)c1. The number of nitrogens with one attached hydrogen (secondary N) is 1. The third kappa shape index (κ3) is 4.49. The monoisotopic (exact) mass is 365 g/mol. The molecule has 0 bridgehead atoms. The maximum Gasteiger partial charge on any atom is 0.244 e. The quantitative estimate of drug-likeness (QED) is 0.644. The Morgan fingerprint density at radius 1 is 1.26 bits per heavy atom. The number of ether oxygens (including phenoxy) is 2. The van der Waals surface area contributed by atoms with Gasteiger partial charge in [-0.3, -0.25) is 4.79 Å². The van der Waals surface area contributed by atoms with E-state index >= 15 is 0 Å². The number of methoxy groups -OCH3 is 2. The van der Waals surface area contributed by atoms with Gasteiger partial charge >= 0.3 is 0 Å². The fourth-order valence-electron chi connectivity index (χ4n) is 2.46. The molecule has 27 heavy (non-hydrogen) atoms. The lowest BCUT2D eigenvalue weighted by Crippen LogP contribution is -2.21. The summed E-state index contributed by atoms with van der Waals surface area (Å²) in [5, 5.41) is 6.91. The molecule has 0 spiro atoms. The Balaban J connectivity index is 1.67. The van der Waals surface area contributed by atoms with Crippen LogP contribution in [0.25, 0.3) is 11.9 Å². The summed E-state index contributed by atoms with van der Waals surface area (Å²) in [5.74, 6) is 1.70. The zero-order valence-electron chi connectivity index (χ0n) is 15.0. The average Bonchev–Trinajstić information content (AvgIpc) is 3.25. The molecule has 0 fully saturated rings. The molecule has 0 saturated heterocycles. The van der Waals surface area contributed by atoms with Crippen molar-refractivity contribution < 1.29 is 14.3 Å². The third-order valence-corrected chi connectivity index (χ3v) is 3.81. The summed E-state index contributed by atoms with van der Waals surface area (Å²) in [7, 11) is 3.16. The minimum Gasteiger partial charge on any atom is -0.497 e. The predicted octanol–water partition coefficient (Wildman–Crippen LogP) is 2.01. The molecule has 2 aromatic heterocycles. The van der Waals surface area contributed by atoms with Crippen molar-refractivity contribution in [1.29, 1.82) is 0 Å². The smallest absolute Gasteiger partial charge is 0.244 e. The van der Waals surface area contributed by atoms with Gasteiger partial charge < -0.3 is 14.8 Å². The van der Waals surface area contributed by atoms with Gasteiger partial charge in [-0.25, -0.2) is 14.6 Å². The van der Waals surface area contributed by atoms with E-state index in [0.717, 1.165) is 11.1 Å². The molecule has 8 nitrogen and oxygen atoms in total. The molecule has 138 valence electrons. The molecular weight excluding hydrogens is 346 g/mol. The summed E-state index contributed by atoms with van der Waals surface area (Å²) in [6, 6.07) is 9.07. The number of nitrogens with zero attached hydrogens (tertiary/aromatic N) is 4. The average molecular weight is 365 g/mol. The zero-order chi connectivity index (χ0) is 19.1. The lowest BCUT2D eigenvalue weighted by molar-refractivity contribution is -0.116. The molecule has 0 aliphatic heterocycles. The highest BCUT2D eigenvalue weighted by Crippen LogP contribution is 2.25. The first kappa shape index (κ1) is 18.1. The largest absolute Gasteiger partial charge is 0.497 e. The number of rotatable bonds is 7. The second kappa shape index (κ2) is 8.61. The van der Waals surface area contributed by atoms with Crippen LogP contribution in [-0.4, -0.2) is 39.9 Å². The van der Waals surface area contributed by atoms with E-state index in [0.29, 0.717) is 23.9 Å². The van der Waals surface area contributed by atoms with E-state index in [1.54, 1.807) is 55.7 Å². The molecule has 3 aromatic rings. The van der Waals surface area contributed by atoms with Crippen molar-refractivity contribution in [1.82, 2.24) is 25.1 Å². The highest BCUT2D eigenvalue weighted by Gasteiger charge is 2.08. The summed E-state index contributed by atoms with van der Waals surface area (Å²) in [6.07, 6.45) is 7.80. The number of carbonyl (C=O) groups excluding carboxylic acids is 1. The minimum atomic E-state index is -0.235. The molecule has 8 heteroatoms. The Hall–Kier alpha value is -3.68. The van der Waals surface area contributed by atoms with Crippen molar-refractivity contribution in [2.24, 2.45) is 0 Å². The molecule has 0 aliphatic carbocycles. The Morgan fingerprint density at radius 2 is 2.15 bits per heavy atom. The van der Waals surface area contributed by atoms with E-state index in [2.05, 4.69) is 20.4 Å². The first-order chi connectivity index (χ1) is 13.2. The summed E-state index contributed by atoms with van der Waals surface area (Å²) in [5.41, 5.74) is 1.60. The highest BCUT2D eigenvalue weighted by molar-refractivity contribution is 5.92. The number of carbonyl (C=O) groups is 1. The van der Waals surface area contributed by atoms with Crippen molar-refractivity contribution in [3.8, 4) is 17.3 Å². The minimum absolute atomic E-state index is 0.235. The Labute approximate surface area is 156 Å². The predicted molar refractivity (Wildman–Crippen MR) is 99.6 cm³/mol. The lowest BCUT2D eigenvalue weighted by atomic mass is 10.1. The number of hydrogen-bond acceptors (Lipinski definition) is 6. The molecule has 0 unspecified atom stereocenters. The molecular formula is C19H19N5O3. The molecule has 0 saturated carbocycles. The lowest BCUT2D eigenvalue weighted by Gasteiger charge is -2.08. The van der Waals surface area contributed by atoms with Gasteiger partial charge in [-0.05, 0) is 24.3 Å². The zero-order valence-corrected chi connectivity index (χ0v) is 15.0. The van der Waals surface area contributed by atoms with Crippen molar-refractivity contribution in [2.75, 3.05) is 14.2 Å². The maximum atomic E-state index is 12.2. The summed E-state index contributed by atoms with van der Waals surface area (Å²) < 4.78 is 12.0. The van der Waals surface area contributed by atoms with E-state index in [1.807, 2.05) is 12.1 Å². The second-order valence-corrected chi connectivity index (χ2v) is 5.49. The molecule has 0 atom stereocenters. The van der Waals surface area contributed by atoms with Crippen LogP contribution in [0.1, 0.15) is 11.1 Å². The van der Waals surface area contributed by atoms with Crippen LogP contribution in [0.4, 0.5) is 0 Å². The van der Waals surface area contributed by atoms with Gasteiger partial charge in [-0.2, -0.15) is 5.10 Å². The van der Waals surface area contributed by atoms with Crippen LogP contribution in [0.2, 0.25) is 0 Å². The molecule has 2 heterocycles. The number of hydrogen-bond donors (Lipinski definition) is 1. The van der Waals surface area contributed by atoms with E-state index in [9.17, 15) is 4.79 Å². The van der Waals surface area contributed by atoms with Crippen molar-refractivity contribution in [2.45, 2.75) is 6.54 Å². The Kier molecular flexibility index (Phi) is 5.78. The van der Waals surface area contributed by atoms with Crippen molar-refractivity contribution >= 4 is 12.0 Å². The first-order valence-corrected chi connectivity index (χ1v) is 8.18. The highest BCUT2D eigenvalue weighted by atomic mass is 16.5. The topological polar surface area (TPSA) is 91.2 Å². The summed E-state index contributed by atoms with van der Waals surface area (Å²) >= 11 is 0. The normalized spacial score (nSPS) is 10.7. The summed E-state index contributed by atoms with van der Waals surface area (Å²) in [6.45, 7) is 0.311. The van der Waals surface area contributed by atoms with Gasteiger partial charge in [0, 0.05) is 36.0 Å². The summed E-state index contributed by atoms with van der Waals surface area (Å²) in [4.78, 5) is 20.4. The second-order valence-electron chi connectivity index (χ2n) is 5.49. The van der Waals surface area contributed by atoms with Gasteiger partial charge in [0.15, 0.2) is 5.82 Å². The van der Waals surface area contributed by atoms with E-state index in [-0.39, 0.29) is 5.91 Å². The van der Waals surface area contributed by atoms with Gasteiger partial charge in [0.05, 0.1) is 14.2 Å². The number of amides is 1. The van der Waals surface area contributed by atoms with E-state index in [4.69, 9.17) is 9.47 Å². The first-order valence-electron chi connectivity index (χ1n) is 8.18. The van der Waals surface area contributed by atoms with Crippen LogP contribution in [0, 0.1) is 0 Å². The van der Waals surface area contributed by atoms with Crippen LogP contribution in [-0.2, 0) is 11.3 Å². The van der Waals surface area contributed by atoms with Crippen LogP contribution in [0.3, 0.4) is 0 Å². The fourth-order valence-corrected chi connectivity index (χ4v) is 2.46. The maximum absolute atomic E-state index is 12.2. The van der Waals surface area contributed by atoms with E-state index in [1.165, 1.54) is 12.4 Å². The Morgan fingerprint density at radius 3 is 2.89 bits per heavy atom. The molecule has 1 aromatic carbocycles. The van der Waals surface area contributed by atoms with Crippen molar-refractivity contribution in [3.05, 3.63) is 66.4 Å². The molecule has 1 N–H and O–H groups in total. The van der Waals surface area contributed by atoms with Crippen LogP contribution < -0.4 is 14.8 Å². The fraction of sp³-hybridized carbons (Fsp3) is 0.158. The number of benzene rings is 1. The molecule has 0 aliphatic rings. The van der Waals surface area contributed by atoms with Gasteiger partial charge in [0.1, 0.15) is 24.2 Å². The third-order valence-electron chi connectivity index (χ3n) is 3.81. The molecule has 1 amide bonds. The molecule has 0 radical (unpaired) electrons. The number of pyridine rings is 1. The standard InChI is InChI=1S/C19H19N5O3/c1-26-16-7-5-14(17(10-16)27-2)6-8-18(25)22-11-15-4-3-9-21-19(15)24-13-20-12-23-24/h3-10,12-13H,11H2,1-2H3,(H,22,25)/b8-6+. The number of aromatic nitrogens is 4. The van der Waals surface area contributed by atoms with Crippen LogP contribution in [0.5, 0.6) is 11.5 Å². The van der Waals surface area contributed by atoms with Crippen molar-refractivity contribution in [3.63, 3.8) is 0 Å². The van der Waals surface area contributed by atoms with Gasteiger partial charge in [0.2, 0.25) is 5.91 Å². The van der Waals surface area contributed by atoms with Crippen LogP contribution >= 0.6 is 0 Å². The Bertz CT molecular complexity index is 938.